The molecule has 0 unspecified atom stereocenters. The second-order valence-corrected chi connectivity index (χ2v) is 8.10. The third kappa shape index (κ3) is 3.27. The van der Waals surface area contributed by atoms with Crippen LogP contribution in [0.5, 0.6) is 0 Å². The Labute approximate surface area is 138 Å². The fourth-order valence-corrected chi connectivity index (χ4v) is 4.71. The predicted molar refractivity (Wildman–Crippen MR) is 92.1 cm³/mol. The summed E-state index contributed by atoms with van der Waals surface area (Å²) in [6.07, 6.45) is 10.5. The van der Waals surface area contributed by atoms with Crippen molar-refractivity contribution in [2.24, 2.45) is 4.99 Å². The second kappa shape index (κ2) is 6.16. The SMILES string of the molecule is O=C1NC(=NC2CCCCC2)SC1=Cc1csc(C2CC2)n1. The maximum Gasteiger partial charge on any atom is 0.264 e. The first-order valence-electron chi connectivity index (χ1n) is 8.02. The van der Waals surface area contributed by atoms with Gasteiger partial charge < -0.3 is 5.32 Å². The molecule has 22 heavy (non-hydrogen) atoms. The largest absolute Gasteiger partial charge is 0.301 e. The van der Waals surface area contributed by atoms with Gasteiger partial charge in [-0.3, -0.25) is 9.79 Å². The van der Waals surface area contributed by atoms with Crippen LogP contribution >= 0.6 is 23.1 Å². The minimum Gasteiger partial charge on any atom is -0.301 e. The number of thioether (sulfide) groups is 1. The highest BCUT2D eigenvalue weighted by Gasteiger charge is 2.28. The summed E-state index contributed by atoms with van der Waals surface area (Å²) in [6, 6.07) is 0.386. The maximum absolute atomic E-state index is 12.1. The van der Waals surface area contributed by atoms with Crippen molar-refractivity contribution in [2.45, 2.75) is 56.9 Å². The van der Waals surface area contributed by atoms with E-state index < -0.39 is 0 Å². The van der Waals surface area contributed by atoms with Crippen molar-refractivity contribution < 1.29 is 4.79 Å². The highest BCUT2D eigenvalue weighted by Crippen LogP contribution is 2.41. The van der Waals surface area contributed by atoms with Crippen LogP contribution in [0.3, 0.4) is 0 Å². The van der Waals surface area contributed by atoms with E-state index in [1.807, 2.05) is 11.5 Å². The molecular weight excluding hydrogens is 314 g/mol. The average Bonchev–Trinajstić information content (AvgIpc) is 3.18. The van der Waals surface area contributed by atoms with Gasteiger partial charge in [-0.1, -0.05) is 19.3 Å². The highest BCUT2D eigenvalue weighted by atomic mass is 32.2. The molecular formula is C16H19N3OS2. The molecule has 6 heteroatoms. The van der Waals surface area contributed by atoms with Crippen LogP contribution in [0.1, 0.15) is 61.6 Å². The summed E-state index contributed by atoms with van der Waals surface area (Å²) >= 11 is 3.16. The zero-order chi connectivity index (χ0) is 14.9. The average molecular weight is 333 g/mol. The number of nitrogens with zero attached hydrogens (tertiary/aromatic N) is 2. The highest BCUT2D eigenvalue weighted by molar-refractivity contribution is 8.18. The Bertz CT molecular complexity index is 640. The second-order valence-electron chi connectivity index (χ2n) is 6.18. The monoisotopic (exact) mass is 333 g/mol. The number of amidine groups is 1. The van der Waals surface area contributed by atoms with Crippen LogP contribution in [0.25, 0.3) is 6.08 Å². The molecule has 2 saturated carbocycles. The minimum atomic E-state index is -0.0412. The van der Waals surface area contributed by atoms with E-state index in [-0.39, 0.29) is 5.91 Å². The van der Waals surface area contributed by atoms with Crippen LogP contribution in [0.15, 0.2) is 15.3 Å². The predicted octanol–water partition coefficient (Wildman–Crippen LogP) is 3.91. The number of amides is 1. The van der Waals surface area contributed by atoms with Gasteiger partial charge in [0, 0.05) is 11.3 Å². The lowest BCUT2D eigenvalue weighted by atomic mass is 9.96. The molecule has 2 heterocycles. The summed E-state index contributed by atoms with van der Waals surface area (Å²) in [7, 11) is 0. The Morgan fingerprint density at radius 2 is 2.05 bits per heavy atom. The quantitative estimate of drug-likeness (QED) is 0.853. The van der Waals surface area contributed by atoms with Crippen LogP contribution in [-0.2, 0) is 4.79 Å². The molecule has 2 aliphatic carbocycles. The fourth-order valence-electron chi connectivity index (χ4n) is 2.88. The number of thiazole rings is 1. The zero-order valence-electron chi connectivity index (χ0n) is 12.4. The smallest absolute Gasteiger partial charge is 0.264 e. The van der Waals surface area contributed by atoms with E-state index in [9.17, 15) is 4.79 Å². The Morgan fingerprint density at radius 1 is 1.23 bits per heavy atom. The van der Waals surface area contributed by atoms with Gasteiger partial charge in [-0.25, -0.2) is 4.98 Å². The van der Waals surface area contributed by atoms with Gasteiger partial charge in [-0.05, 0) is 43.5 Å². The Morgan fingerprint density at radius 3 is 2.82 bits per heavy atom. The molecule has 3 aliphatic rings. The number of aromatic nitrogens is 1. The molecule has 1 amide bonds. The molecule has 0 atom stereocenters. The number of aliphatic imine (C=N–C) groups is 1. The number of nitrogens with one attached hydrogen (secondary N) is 1. The van der Waals surface area contributed by atoms with Gasteiger partial charge in [-0.2, -0.15) is 0 Å². The van der Waals surface area contributed by atoms with E-state index in [0.29, 0.717) is 16.9 Å². The third-order valence-electron chi connectivity index (χ3n) is 4.27. The van der Waals surface area contributed by atoms with Crippen LogP contribution in [0.4, 0.5) is 0 Å². The molecule has 1 N–H and O–H groups in total. The number of carbonyl (C=O) groups is 1. The summed E-state index contributed by atoms with van der Waals surface area (Å²) in [5.41, 5.74) is 0.906. The van der Waals surface area contributed by atoms with Gasteiger partial charge in [0.15, 0.2) is 5.17 Å². The maximum atomic E-state index is 12.1. The van der Waals surface area contributed by atoms with E-state index in [0.717, 1.165) is 23.7 Å². The molecule has 3 fully saturated rings. The first-order chi connectivity index (χ1) is 10.8. The van der Waals surface area contributed by atoms with Gasteiger partial charge in [0.25, 0.3) is 5.91 Å². The van der Waals surface area contributed by atoms with Gasteiger partial charge in [0.05, 0.1) is 21.6 Å². The van der Waals surface area contributed by atoms with E-state index in [1.54, 1.807) is 11.3 Å². The van der Waals surface area contributed by atoms with Crippen molar-refractivity contribution in [3.8, 4) is 0 Å². The van der Waals surface area contributed by atoms with Crippen LogP contribution < -0.4 is 5.32 Å². The summed E-state index contributed by atoms with van der Waals surface area (Å²) in [6.45, 7) is 0. The van der Waals surface area contributed by atoms with E-state index >= 15 is 0 Å². The summed E-state index contributed by atoms with van der Waals surface area (Å²) in [5.74, 6) is 0.631. The first-order valence-corrected chi connectivity index (χ1v) is 9.72. The van der Waals surface area contributed by atoms with Crippen molar-refractivity contribution >= 4 is 40.2 Å². The molecule has 0 radical (unpaired) electrons. The van der Waals surface area contributed by atoms with Crippen LogP contribution in [0.2, 0.25) is 0 Å². The Kier molecular flexibility index (Phi) is 4.05. The zero-order valence-corrected chi connectivity index (χ0v) is 14.0. The lowest BCUT2D eigenvalue weighted by Gasteiger charge is -2.17. The molecule has 0 bridgehead atoms. The normalized spacial score (nSPS) is 26.8. The summed E-state index contributed by atoms with van der Waals surface area (Å²) < 4.78 is 0. The Hall–Kier alpha value is -1.14. The third-order valence-corrected chi connectivity index (χ3v) is 6.22. The van der Waals surface area contributed by atoms with Gasteiger partial charge in [0.1, 0.15) is 0 Å². The molecule has 116 valence electrons. The molecule has 1 aliphatic heterocycles. The van der Waals surface area contributed by atoms with Gasteiger partial charge >= 0.3 is 0 Å². The lowest BCUT2D eigenvalue weighted by molar-refractivity contribution is -0.115. The lowest BCUT2D eigenvalue weighted by Crippen LogP contribution is -2.22. The van der Waals surface area contributed by atoms with Crippen molar-refractivity contribution in [1.29, 1.82) is 0 Å². The fraction of sp³-hybridized carbons (Fsp3) is 0.562. The van der Waals surface area contributed by atoms with E-state index in [2.05, 4.69) is 10.3 Å². The molecule has 0 spiro atoms. The number of rotatable bonds is 3. The summed E-state index contributed by atoms with van der Waals surface area (Å²) in [4.78, 5) is 22.1. The van der Waals surface area contributed by atoms with E-state index in [1.165, 1.54) is 48.9 Å². The molecule has 4 nitrogen and oxygen atoms in total. The number of carbonyl (C=O) groups excluding carboxylic acids is 1. The standard InChI is InChI=1S/C16H19N3OS2/c20-14-13(8-12-9-21-15(17-12)10-6-7-10)22-16(19-14)18-11-4-2-1-3-5-11/h8-11H,1-7H2,(H,18,19,20). The number of hydrogen-bond acceptors (Lipinski definition) is 5. The van der Waals surface area contributed by atoms with Gasteiger partial charge in [0.2, 0.25) is 0 Å². The molecule has 1 saturated heterocycles. The molecule has 4 rings (SSSR count). The number of hydrogen-bond donors (Lipinski definition) is 1. The topological polar surface area (TPSA) is 54.4 Å². The molecule has 0 aromatic carbocycles. The van der Waals surface area contributed by atoms with E-state index in [4.69, 9.17) is 4.99 Å². The van der Waals surface area contributed by atoms with Crippen LogP contribution in [-0.4, -0.2) is 22.1 Å². The Balaban J connectivity index is 1.46. The van der Waals surface area contributed by atoms with Crippen molar-refractivity contribution in [3.05, 3.63) is 21.0 Å². The van der Waals surface area contributed by atoms with Gasteiger partial charge in [-0.15, -0.1) is 11.3 Å². The van der Waals surface area contributed by atoms with Crippen molar-refractivity contribution in [3.63, 3.8) is 0 Å². The minimum absolute atomic E-state index is 0.0412. The van der Waals surface area contributed by atoms with Crippen LogP contribution in [0, 0.1) is 0 Å². The molecule has 1 aromatic heterocycles. The first kappa shape index (κ1) is 14.5. The molecule has 1 aromatic rings. The summed E-state index contributed by atoms with van der Waals surface area (Å²) in [5, 5.41) is 6.92. The van der Waals surface area contributed by atoms with Crippen molar-refractivity contribution in [2.75, 3.05) is 0 Å². The van der Waals surface area contributed by atoms with Crippen molar-refractivity contribution in [1.82, 2.24) is 10.3 Å².